The lowest BCUT2D eigenvalue weighted by Gasteiger charge is -2.38. The van der Waals surface area contributed by atoms with Gasteiger partial charge in [-0.3, -0.25) is 19.6 Å². The minimum Gasteiger partial charge on any atom is -0.479 e. The second-order valence-electron chi connectivity index (χ2n) is 12.2. The van der Waals surface area contributed by atoms with Crippen molar-refractivity contribution < 1.29 is 52.8 Å². The number of carbonyl (C=O) groups is 2. The Bertz CT molecular complexity index is 1830. The first-order valence-electron chi connectivity index (χ1n) is 15.5. The number of carbonyl (C=O) groups excluding carboxylic acids is 1. The number of carboxylic acids is 1. The van der Waals surface area contributed by atoms with Crippen molar-refractivity contribution in [1.82, 2.24) is 14.5 Å². The van der Waals surface area contributed by atoms with Gasteiger partial charge in [-0.2, -0.15) is 0 Å². The Hall–Kier alpha value is -4.43. The van der Waals surface area contributed by atoms with Crippen LogP contribution in [0.15, 0.2) is 36.8 Å². The lowest BCUT2D eigenvalue weighted by Crippen LogP contribution is -2.61. The summed E-state index contributed by atoms with van der Waals surface area (Å²) < 4.78 is 36.3. The number of rotatable bonds is 10. The first-order chi connectivity index (χ1) is 23.1. The summed E-state index contributed by atoms with van der Waals surface area (Å²) in [5.41, 5.74) is -0.356. The summed E-state index contributed by atoms with van der Waals surface area (Å²) in [6.07, 6.45) is -3.88. The number of amides is 1. The fraction of sp³-hybridized carbons (Fsp3) is 0.533. The highest BCUT2D eigenvalue weighted by Gasteiger charge is 2.48. The zero-order valence-electron chi connectivity index (χ0n) is 26.9. The Morgan fingerprint density at radius 3 is 2.41 bits per heavy atom. The second kappa shape index (κ2) is 14.2. The molecule has 266 valence electrons. The van der Waals surface area contributed by atoms with Gasteiger partial charge in [0.1, 0.15) is 46.0 Å². The zero-order valence-corrected chi connectivity index (χ0v) is 27.7. The number of ether oxygens (including phenoxy) is 2. The summed E-state index contributed by atoms with van der Waals surface area (Å²) in [5.74, 6) is -0.931. The molecule has 49 heavy (non-hydrogen) atoms. The Morgan fingerprint density at radius 2 is 1.78 bits per heavy atom. The van der Waals surface area contributed by atoms with Crippen LogP contribution < -0.4 is 14.5 Å². The number of non-ortho nitro benzene ring substituents is 1. The molecule has 0 unspecified atom stereocenters. The topological polar surface area (TPSA) is 248 Å². The van der Waals surface area contributed by atoms with Crippen LogP contribution >= 0.6 is 0 Å². The average molecular weight is 707 g/mol. The molecular weight excluding hydrogens is 668 g/mol. The van der Waals surface area contributed by atoms with Crippen LogP contribution in [0.3, 0.4) is 0 Å². The van der Waals surface area contributed by atoms with E-state index >= 15 is 0 Å². The van der Waals surface area contributed by atoms with Gasteiger partial charge in [-0.05, 0) is 43.7 Å². The van der Waals surface area contributed by atoms with Gasteiger partial charge in [0.25, 0.3) is 5.69 Å². The third kappa shape index (κ3) is 7.30. The number of hydrogen-bond acceptors (Lipinski definition) is 14. The number of aliphatic hydroxyl groups is 3. The van der Waals surface area contributed by atoms with Crippen molar-refractivity contribution in [1.29, 1.82) is 0 Å². The molecule has 5 rings (SSSR count). The van der Waals surface area contributed by atoms with Crippen molar-refractivity contribution in [3.05, 3.63) is 46.9 Å². The van der Waals surface area contributed by atoms with Crippen molar-refractivity contribution in [3.8, 4) is 5.75 Å². The van der Waals surface area contributed by atoms with E-state index in [0.717, 1.165) is 48.8 Å². The van der Waals surface area contributed by atoms with E-state index in [4.69, 9.17) is 9.47 Å². The van der Waals surface area contributed by atoms with Crippen molar-refractivity contribution in [3.63, 3.8) is 0 Å². The highest BCUT2D eigenvalue weighted by molar-refractivity contribution is 7.91. The Kier molecular flexibility index (Phi) is 10.4. The molecular formula is C30H38N6O12S. The van der Waals surface area contributed by atoms with E-state index in [-0.39, 0.29) is 40.5 Å². The number of hydrogen-bond donors (Lipinski definition) is 4. The minimum absolute atomic E-state index is 0.0719. The van der Waals surface area contributed by atoms with Crippen molar-refractivity contribution >= 4 is 50.1 Å². The Labute approximate surface area is 280 Å². The number of fused-ring (bicyclic) bond motifs is 1. The van der Waals surface area contributed by atoms with Crippen LogP contribution in [0.4, 0.5) is 22.0 Å². The molecule has 2 aliphatic rings. The lowest BCUT2D eigenvalue weighted by atomic mass is 9.86. The van der Waals surface area contributed by atoms with Crippen LogP contribution in [0.1, 0.15) is 32.6 Å². The van der Waals surface area contributed by atoms with Gasteiger partial charge in [0.05, 0.1) is 21.7 Å². The van der Waals surface area contributed by atoms with Crippen LogP contribution in [-0.4, -0.2) is 123 Å². The molecule has 19 heteroatoms. The maximum atomic E-state index is 13.9. The SMILES string of the molecule is CCS(=O)(=O)CC1CCC(N(C)c2ncnc3c2ccn3C(=O)N(C)c2cc([N+](=O)[O-])ccc2O[C@@H]2O[C@H](C(=O)O)[C@@H](O)[C@H](O)[C@H]2O)CC1. The molecule has 5 atom stereocenters. The summed E-state index contributed by atoms with van der Waals surface area (Å²) in [6.45, 7) is 1.65. The predicted molar refractivity (Wildman–Crippen MR) is 173 cm³/mol. The summed E-state index contributed by atoms with van der Waals surface area (Å²) in [5, 5.41) is 52.3. The number of benzene rings is 1. The van der Waals surface area contributed by atoms with Gasteiger partial charge in [0, 0.05) is 44.2 Å². The van der Waals surface area contributed by atoms with E-state index in [1.54, 1.807) is 13.0 Å². The largest absolute Gasteiger partial charge is 0.479 e. The van der Waals surface area contributed by atoms with E-state index in [1.807, 2.05) is 11.9 Å². The molecule has 3 heterocycles. The lowest BCUT2D eigenvalue weighted by molar-refractivity contribution is -0.384. The second-order valence-corrected chi connectivity index (χ2v) is 14.6. The first-order valence-corrected chi connectivity index (χ1v) is 17.4. The number of anilines is 2. The highest BCUT2D eigenvalue weighted by atomic mass is 32.2. The molecule has 1 amide bonds. The van der Waals surface area contributed by atoms with Gasteiger partial charge in [-0.25, -0.2) is 28.0 Å². The van der Waals surface area contributed by atoms with E-state index < -0.39 is 63.2 Å². The number of nitro benzene ring substituents is 1. The first kappa shape index (κ1) is 35.9. The summed E-state index contributed by atoms with van der Waals surface area (Å²) >= 11 is 0. The molecule has 1 saturated carbocycles. The standard InChI is InChI=1S/C30H38N6O12S/c1-4-49(45,46)14-16-5-7-17(8-6-16)33(2)26-19-11-12-35(27(19)32-15-31-26)30(42)34(3)20-13-18(36(43)44)9-10-21(20)47-29-24(39)22(37)23(38)25(48-29)28(40)41/h9-13,15-17,22-25,29,37-39H,4-8,14H2,1-3H3,(H,40,41)/t16?,17?,22-,23-,24+,25-,29+/m0/s1. The monoisotopic (exact) mass is 706 g/mol. The smallest absolute Gasteiger partial charge is 0.335 e. The number of carboxylic acid groups (broad SMARTS) is 1. The van der Waals surface area contributed by atoms with Gasteiger partial charge in [-0.1, -0.05) is 6.92 Å². The molecule has 4 N–H and O–H groups in total. The fourth-order valence-electron chi connectivity index (χ4n) is 6.24. The molecule has 1 aliphatic heterocycles. The molecule has 3 aromatic rings. The van der Waals surface area contributed by atoms with Gasteiger partial charge in [0.15, 0.2) is 11.8 Å². The van der Waals surface area contributed by atoms with Crippen molar-refractivity contribution in [2.75, 3.05) is 35.4 Å². The number of aromatic nitrogens is 3. The van der Waals surface area contributed by atoms with Crippen molar-refractivity contribution in [2.45, 2.75) is 69.4 Å². The summed E-state index contributed by atoms with van der Waals surface area (Å²) in [4.78, 5) is 48.2. The molecule has 1 aliphatic carbocycles. The van der Waals surface area contributed by atoms with Gasteiger partial charge in [0.2, 0.25) is 6.29 Å². The maximum Gasteiger partial charge on any atom is 0.335 e. The van der Waals surface area contributed by atoms with E-state index in [2.05, 4.69) is 9.97 Å². The maximum absolute atomic E-state index is 13.9. The minimum atomic E-state index is -3.07. The number of aliphatic hydroxyl groups excluding tert-OH is 3. The number of sulfone groups is 1. The molecule has 2 aromatic heterocycles. The van der Waals surface area contributed by atoms with Crippen LogP contribution in [-0.2, 0) is 19.4 Å². The van der Waals surface area contributed by atoms with E-state index in [0.29, 0.717) is 11.2 Å². The van der Waals surface area contributed by atoms with E-state index in [9.17, 15) is 48.5 Å². The molecule has 1 saturated heterocycles. The van der Waals surface area contributed by atoms with Gasteiger partial charge in [-0.15, -0.1) is 0 Å². The van der Waals surface area contributed by atoms with Gasteiger partial charge >= 0.3 is 12.0 Å². The number of nitrogens with zero attached hydrogens (tertiary/aromatic N) is 6. The quantitative estimate of drug-likeness (QED) is 0.171. The number of nitro groups is 1. The van der Waals surface area contributed by atoms with Gasteiger partial charge < -0.3 is 34.8 Å². The van der Waals surface area contributed by atoms with Crippen molar-refractivity contribution in [2.24, 2.45) is 5.92 Å². The van der Waals surface area contributed by atoms with E-state index in [1.165, 1.54) is 24.1 Å². The average Bonchev–Trinajstić information content (AvgIpc) is 3.52. The molecule has 0 spiro atoms. The molecule has 18 nitrogen and oxygen atoms in total. The van der Waals surface area contributed by atoms with Crippen LogP contribution in [0.5, 0.6) is 5.75 Å². The Balaban J connectivity index is 1.40. The number of aliphatic carboxylic acids is 1. The molecule has 0 bridgehead atoms. The zero-order chi connectivity index (χ0) is 35.8. The predicted octanol–water partition coefficient (Wildman–Crippen LogP) is 1.14. The van der Waals surface area contributed by atoms with Crippen LogP contribution in [0.2, 0.25) is 0 Å². The molecule has 1 aromatic carbocycles. The summed E-state index contributed by atoms with van der Waals surface area (Å²) in [7, 11) is 0.112. The normalized spacial score (nSPS) is 25.9. The third-order valence-electron chi connectivity index (χ3n) is 9.15. The summed E-state index contributed by atoms with van der Waals surface area (Å²) in [6, 6.07) is 4.21. The van der Waals surface area contributed by atoms with Crippen LogP contribution in [0, 0.1) is 16.0 Å². The molecule has 0 radical (unpaired) electrons. The van der Waals surface area contributed by atoms with Crippen LogP contribution in [0.25, 0.3) is 11.0 Å². The third-order valence-corrected chi connectivity index (χ3v) is 11.0. The Morgan fingerprint density at radius 1 is 1.08 bits per heavy atom. The highest BCUT2D eigenvalue weighted by Crippen LogP contribution is 2.36. The molecule has 2 fully saturated rings. The fourth-order valence-corrected chi connectivity index (χ4v) is 7.53.